The summed E-state index contributed by atoms with van der Waals surface area (Å²) < 4.78 is 10.9. The lowest BCUT2D eigenvalue weighted by molar-refractivity contribution is 0.0516. The van der Waals surface area contributed by atoms with Crippen molar-refractivity contribution in [1.29, 1.82) is 0 Å². The number of unbranched alkanes of at least 4 members (excludes halogenated alkanes) is 3. The van der Waals surface area contributed by atoms with Crippen molar-refractivity contribution in [2.75, 3.05) is 13.2 Å². The summed E-state index contributed by atoms with van der Waals surface area (Å²) >= 11 is 2.19. The molecule has 2 rings (SSSR count). The molecule has 0 fully saturated rings. The minimum Gasteiger partial charge on any atom is -0.462 e. The molecular formula is C25H31IO4. The van der Waals surface area contributed by atoms with E-state index >= 15 is 0 Å². The first-order valence-corrected chi connectivity index (χ1v) is 11.5. The van der Waals surface area contributed by atoms with Crippen LogP contribution in [0.2, 0.25) is 0 Å². The molecule has 0 aliphatic rings. The van der Waals surface area contributed by atoms with E-state index in [0.717, 1.165) is 15.6 Å². The second kappa shape index (κ2) is 15.7. The van der Waals surface area contributed by atoms with Gasteiger partial charge >= 0.3 is 11.9 Å². The smallest absolute Gasteiger partial charge is 0.338 e. The molecule has 0 radical (unpaired) electrons. The Morgan fingerprint density at radius 3 is 1.77 bits per heavy atom. The average Bonchev–Trinajstić information content (AvgIpc) is 2.75. The van der Waals surface area contributed by atoms with Crippen LogP contribution < -0.4 is 0 Å². The molecular weight excluding hydrogens is 491 g/mol. The van der Waals surface area contributed by atoms with E-state index in [1.165, 1.54) is 19.3 Å². The van der Waals surface area contributed by atoms with Crippen LogP contribution in [0.1, 0.15) is 72.7 Å². The molecule has 2 aromatic carbocycles. The van der Waals surface area contributed by atoms with Crippen LogP contribution in [0.5, 0.6) is 0 Å². The maximum absolute atomic E-state index is 11.4. The number of hydrogen-bond donors (Lipinski definition) is 0. The molecule has 0 unspecified atom stereocenters. The van der Waals surface area contributed by atoms with Crippen molar-refractivity contribution in [3.63, 3.8) is 0 Å². The highest BCUT2D eigenvalue weighted by molar-refractivity contribution is 14.1. The first-order valence-electron chi connectivity index (χ1n) is 10.4. The Labute approximate surface area is 193 Å². The van der Waals surface area contributed by atoms with Gasteiger partial charge in [-0.25, -0.2) is 9.59 Å². The fourth-order valence-electron chi connectivity index (χ4n) is 2.48. The average molecular weight is 522 g/mol. The van der Waals surface area contributed by atoms with E-state index in [2.05, 4.69) is 41.7 Å². The van der Waals surface area contributed by atoms with Gasteiger partial charge in [0.1, 0.15) is 0 Å². The van der Waals surface area contributed by atoms with Crippen LogP contribution >= 0.6 is 22.6 Å². The van der Waals surface area contributed by atoms with Crippen molar-refractivity contribution in [1.82, 2.24) is 0 Å². The van der Waals surface area contributed by atoms with E-state index < -0.39 is 0 Å². The Morgan fingerprint density at radius 1 is 0.800 bits per heavy atom. The predicted molar refractivity (Wildman–Crippen MR) is 131 cm³/mol. The number of carbonyl (C=O) groups excluding carboxylic acids is 2. The van der Waals surface area contributed by atoms with Gasteiger partial charge < -0.3 is 9.47 Å². The first-order chi connectivity index (χ1) is 14.5. The summed E-state index contributed by atoms with van der Waals surface area (Å²) in [6.45, 7) is 6.65. The topological polar surface area (TPSA) is 52.6 Å². The number of benzene rings is 2. The molecule has 0 aliphatic heterocycles. The molecule has 0 saturated carbocycles. The lowest BCUT2D eigenvalue weighted by Crippen LogP contribution is -2.03. The highest BCUT2D eigenvalue weighted by atomic mass is 127. The fraction of sp³-hybridized carbons (Fsp3) is 0.360. The van der Waals surface area contributed by atoms with Crippen LogP contribution in [0, 0.1) is 3.57 Å². The Morgan fingerprint density at radius 2 is 1.30 bits per heavy atom. The molecule has 0 N–H and O–H groups in total. The normalized spacial score (nSPS) is 10.3. The SMILES string of the molecule is CCCCC/C=C/c1ccc(C(=O)OCC)cc1.CCOC(=O)c1ccc(I)cc1. The van der Waals surface area contributed by atoms with Crippen molar-refractivity contribution in [2.45, 2.75) is 46.5 Å². The molecule has 0 heterocycles. The zero-order chi connectivity index (χ0) is 22.2. The second-order valence-electron chi connectivity index (χ2n) is 6.47. The molecule has 2 aromatic rings. The summed E-state index contributed by atoms with van der Waals surface area (Å²) in [6.07, 6.45) is 9.19. The monoisotopic (exact) mass is 522 g/mol. The van der Waals surface area contributed by atoms with Gasteiger partial charge in [0.25, 0.3) is 0 Å². The molecule has 162 valence electrons. The van der Waals surface area contributed by atoms with Gasteiger partial charge in [0.15, 0.2) is 0 Å². The Hall–Kier alpha value is -2.15. The van der Waals surface area contributed by atoms with Crippen LogP contribution in [0.4, 0.5) is 0 Å². The summed E-state index contributed by atoms with van der Waals surface area (Å²) in [4.78, 5) is 22.6. The van der Waals surface area contributed by atoms with Crippen molar-refractivity contribution in [2.24, 2.45) is 0 Å². The standard InChI is InChI=1S/C16H22O2.C9H9IO2/c1-3-5-6-7-8-9-14-10-12-15(13-11-14)16(17)18-4-2;1-2-12-9(11)7-3-5-8(10)6-4-7/h8-13H,3-7H2,1-2H3;3-6H,2H2,1H3/b9-8+;. The van der Waals surface area contributed by atoms with E-state index in [9.17, 15) is 9.59 Å². The zero-order valence-corrected chi connectivity index (χ0v) is 20.2. The summed E-state index contributed by atoms with van der Waals surface area (Å²) in [5.41, 5.74) is 2.34. The van der Waals surface area contributed by atoms with Gasteiger partial charge in [0.2, 0.25) is 0 Å². The Kier molecular flexibility index (Phi) is 13.5. The van der Waals surface area contributed by atoms with E-state index in [4.69, 9.17) is 9.47 Å². The van der Waals surface area contributed by atoms with Gasteiger partial charge in [-0.2, -0.15) is 0 Å². The number of rotatable bonds is 9. The van der Waals surface area contributed by atoms with Gasteiger partial charge in [0.05, 0.1) is 24.3 Å². The van der Waals surface area contributed by atoms with Crippen LogP contribution in [-0.2, 0) is 9.47 Å². The van der Waals surface area contributed by atoms with E-state index in [-0.39, 0.29) is 11.9 Å². The molecule has 5 heteroatoms. The van der Waals surface area contributed by atoms with Gasteiger partial charge in [0, 0.05) is 3.57 Å². The highest BCUT2D eigenvalue weighted by Crippen LogP contribution is 2.09. The summed E-state index contributed by atoms with van der Waals surface area (Å²) in [5.74, 6) is -0.509. The van der Waals surface area contributed by atoms with Gasteiger partial charge in [-0.1, -0.05) is 44.1 Å². The molecule has 4 nitrogen and oxygen atoms in total. The maximum atomic E-state index is 11.4. The molecule has 0 bridgehead atoms. The Bertz CT molecular complexity index is 780. The molecule has 0 aromatic heterocycles. The number of esters is 2. The summed E-state index contributed by atoms with van der Waals surface area (Å²) in [7, 11) is 0. The predicted octanol–water partition coefficient (Wildman–Crippen LogP) is 6.92. The van der Waals surface area contributed by atoms with Gasteiger partial charge in [-0.05, 0) is 91.2 Å². The number of carbonyl (C=O) groups is 2. The maximum Gasteiger partial charge on any atom is 0.338 e. The van der Waals surface area contributed by atoms with E-state index in [0.29, 0.717) is 24.3 Å². The Balaban J connectivity index is 0.000000325. The van der Waals surface area contributed by atoms with Gasteiger partial charge in [-0.15, -0.1) is 0 Å². The first kappa shape index (κ1) is 25.9. The lowest BCUT2D eigenvalue weighted by atomic mass is 10.1. The molecule has 0 spiro atoms. The molecule has 30 heavy (non-hydrogen) atoms. The highest BCUT2D eigenvalue weighted by Gasteiger charge is 2.05. The van der Waals surface area contributed by atoms with Crippen LogP contribution in [0.25, 0.3) is 6.08 Å². The lowest BCUT2D eigenvalue weighted by Gasteiger charge is -2.01. The van der Waals surface area contributed by atoms with Crippen LogP contribution in [0.15, 0.2) is 54.6 Å². The minimum atomic E-state index is -0.256. The van der Waals surface area contributed by atoms with Crippen LogP contribution in [0.3, 0.4) is 0 Å². The number of hydrogen-bond acceptors (Lipinski definition) is 4. The molecule has 0 amide bonds. The summed E-state index contributed by atoms with van der Waals surface area (Å²) in [5, 5.41) is 0. The number of ether oxygens (including phenoxy) is 2. The second-order valence-corrected chi connectivity index (χ2v) is 7.71. The third kappa shape index (κ3) is 10.6. The zero-order valence-electron chi connectivity index (χ0n) is 18.0. The number of halogens is 1. The molecule has 0 aliphatic carbocycles. The fourth-order valence-corrected chi connectivity index (χ4v) is 2.84. The van der Waals surface area contributed by atoms with E-state index in [1.807, 2.05) is 43.3 Å². The molecule has 0 saturated heterocycles. The van der Waals surface area contributed by atoms with Crippen LogP contribution in [-0.4, -0.2) is 25.2 Å². The van der Waals surface area contributed by atoms with E-state index in [1.54, 1.807) is 19.1 Å². The van der Waals surface area contributed by atoms with Crippen molar-refractivity contribution >= 4 is 40.6 Å². The summed E-state index contributed by atoms with van der Waals surface area (Å²) in [6, 6.07) is 14.8. The quantitative estimate of drug-likeness (QED) is 0.204. The molecule has 0 atom stereocenters. The van der Waals surface area contributed by atoms with Gasteiger partial charge in [-0.3, -0.25) is 0 Å². The number of allylic oxidation sites excluding steroid dienone is 1. The van der Waals surface area contributed by atoms with Crippen molar-refractivity contribution in [3.8, 4) is 0 Å². The largest absolute Gasteiger partial charge is 0.462 e. The van der Waals surface area contributed by atoms with Crippen molar-refractivity contribution in [3.05, 3.63) is 74.9 Å². The van der Waals surface area contributed by atoms with Crippen molar-refractivity contribution < 1.29 is 19.1 Å². The minimum absolute atomic E-state index is 0.254. The third-order valence-corrected chi connectivity index (χ3v) is 4.78. The third-order valence-electron chi connectivity index (χ3n) is 4.06.